The number of nitrogens with zero attached hydrogens (tertiary/aromatic N) is 1. The van der Waals surface area contributed by atoms with Crippen LogP contribution < -0.4 is 11.1 Å². The van der Waals surface area contributed by atoms with E-state index in [1.54, 1.807) is 0 Å². The lowest BCUT2D eigenvalue weighted by Gasteiger charge is -2.16. The normalized spacial score (nSPS) is 10.8. The highest BCUT2D eigenvalue weighted by Crippen LogP contribution is 2.19. The second-order valence-corrected chi connectivity index (χ2v) is 5.04. The molecule has 0 fully saturated rings. The summed E-state index contributed by atoms with van der Waals surface area (Å²) in [6.45, 7) is 3.87. The predicted octanol–water partition coefficient (Wildman–Crippen LogP) is 2.86. The maximum atomic E-state index is 12.9. The fraction of sp³-hybridized carbons (Fsp3) is 0.533. The Kier molecular flexibility index (Phi) is 7.01. The largest absolute Gasteiger partial charge is 0.397 e. The van der Waals surface area contributed by atoms with Crippen molar-refractivity contribution in [1.82, 2.24) is 4.90 Å². The third-order valence-corrected chi connectivity index (χ3v) is 3.15. The van der Waals surface area contributed by atoms with Gasteiger partial charge in [-0.2, -0.15) is 0 Å². The molecule has 0 radical (unpaired) electrons. The Morgan fingerprint density at radius 3 is 2.75 bits per heavy atom. The van der Waals surface area contributed by atoms with Crippen LogP contribution in [0.3, 0.4) is 0 Å². The van der Waals surface area contributed by atoms with Crippen LogP contribution in [0.4, 0.5) is 15.8 Å². The molecule has 0 aliphatic rings. The second-order valence-electron chi connectivity index (χ2n) is 5.04. The number of nitrogens with two attached hydrogens (primary N) is 1. The molecule has 20 heavy (non-hydrogen) atoms. The first kappa shape index (κ1) is 16.4. The molecule has 0 saturated heterocycles. The number of amides is 1. The number of hydrogen-bond donors (Lipinski definition) is 2. The van der Waals surface area contributed by atoms with Gasteiger partial charge in [-0.3, -0.25) is 4.79 Å². The van der Waals surface area contributed by atoms with Crippen molar-refractivity contribution in [3.8, 4) is 0 Å². The van der Waals surface area contributed by atoms with Crippen LogP contribution in [-0.4, -0.2) is 30.9 Å². The van der Waals surface area contributed by atoms with Gasteiger partial charge in [-0.1, -0.05) is 19.8 Å². The molecule has 0 heterocycles. The van der Waals surface area contributed by atoms with Gasteiger partial charge in [-0.05, 0) is 38.2 Å². The van der Waals surface area contributed by atoms with Gasteiger partial charge in [0.25, 0.3) is 0 Å². The number of anilines is 2. The lowest BCUT2D eigenvalue weighted by Crippen LogP contribution is -2.25. The van der Waals surface area contributed by atoms with Gasteiger partial charge in [0.1, 0.15) is 5.82 Å². The molecule has 0 aliphatic heterocycles. The maximum Gasteiger partial charge on any atom is 0.225 e. The minimum atomic E-state index is -0.406. The van der Waals surface area contributed by atoms with Crippen LogP contribution in [0.15, 0.2) is 18.2 Å². The molecule has 1 aromatic carbocycles. The minimum Gasteiger partial charge on any atom is -0.397 e. The molecular formula is C15H24FN3O. The number of halogens is 1. The molecule has 112 valence electrons. The van der Waals surface area contributed by atoms with Crippen molar-refractivity contribution in [3.05, 3.63) is 24.0 Å². The second kappa shape index (κ2) is 8.53. The van der Waals surface area contributed by atoms with Gasteiger partial charge >= 0.3 is 0 Å². The Bertz CT molecular complexity index is 437. The van der Waals surface area contributed by atoms with Crippen LogP contribution in [0.2, 0.25) is 0 Å². The highest BCUT2D eigenvalue weighted by molar-refractivity contribution is 5.93. The molecule has 0 atom stereocenters. The number of benzene rings is 1. The summed E-state index contributed by atoms with van der Waals surface area (Å²) in [7, 11) is 2.01. The Morgan fingerprint density at radius 2 is 2.10 bits per heavy atom. The van der Waals surface area contributed by atoms with E-state index >= 15 is 0 Å². The number of hydrogen-bond acceptors (Lipinski definition) is 3. The number of rotatable bonds is 8. The van der Waals surface area contributed by atoms with Crippen LogP contribution in [0.25, 0.3) is 0 Å². The summed E-state index contributed by atoms with van der Waals surface area (Å²) in [5.41, 5.74) is 6.35. The third kappa shape index (κ3) is 6.02. The standard InChI is InChI=1S/C15H24FN3O/c1-3-4-5-9-19(2)10-8-15(20)18-14-7-6-12(16)11-13(14)17/h6-7,11H,3-5,8-10,17H2,1-2H3,(H,18,20). The molecule has 0 unspecified atom stereocenters. The monoisotopic (exact) mass is 281 g/mol. The van der Waals surface area contributed by atoms with Crippen LogP contribution in [-0.2, 0) is 4.79 Å². The van der Waals surface area contributed by atoms with Gasteiger partial charge in [0, 0.05) is 13.0 Å². The fourth-order valence-corrected chi connectivity index (χ4v) is 1.90. The van der Waals surface area contributed by atoms with E-state index in [0.717, 1.165) is 13.0 Å². The van der Waals surface area contributed by atoms with E-state index in [2.05, 4.69) is 17.1 Å². The Labute approximate surface area is 120 Å². The van der Waals surface area contributed by atoms with Crippen LogP contribution in [0.1, 0.15) is 32.6 Å². The highest BCUT2D eigenvalue weighted by Gasteiger charge is 2.07. The van der Waals surface area contributed by atoms with Gasteiger partial charge < -0.3 is 16.0 Å². The first-order valence-corrected chi connectivity index (χ1v) is 7.06. The third-order valence-electron chi connectivity index (χ3n) is 3.15. The number of nitrogens with one attached hydrogen (secondary N) is 1. The fourth-order valence-electron chi connectivity index (χ4n) is 1.90. The molecule has 5 heteroatoms. The molecular weight excluding hydrogens is 257 g/mol. The lowest BCUT2D eigenvalue weighted by molar-refractivity contribution is -0.116. The van der Waals surface area contributed by atoms with E-state index in [1.807, 2.05) is 7.05 Å². The quantitative estimate of drug-likeness (QED) is 0.569. The molecule has 0 aromatic heterocycles. The average Bonchev–Trinajstić information content (AvgIpc) is 2.40. The zero-order valence-electron chi connectivity index (χ0n) is 12.3. The SMILES string of the molecule is CCCCCN(C)CCC(=O)Nc1ccc(F)cc1N. The summed E-state index contributed by atoms with van der Waals surface area (Å²) in [6, 6.07) is 3.96. The summed E-state index contributed by atoms with van der Waals surface area (Å²) in [5, 5.41) is 2.70. The van der Waals surface area contributed by atoms with E-state index in [-0.39, 0.29) is 11.6 Å². The molecule has 1 rings (SSSR count). The molecule has 0 spiro atoms. The van der Waals surface area contributed by atoms with Gasteiger partial charge in [0.2, 0.25) is 5.91 Å². The van der Waals surface area contributed by atoms with Crippen molar-refractivity contribution >= 4 is 17.3 Å². The summed E-state index contributed by atoms with van der Waals surface area (Å²) in [5.74, 6) is -0.512. The molecule has 4 nitrogen and oxygen atoms in total. The minimum absolute atomic E-state index is 0.106. The van der Waals surface area contributed by atoms with Crippen molar-refractivity contribution in [2.24, 2.45) is 0 Å². The van der Waals surface area contributed by atoms with Crippen molar-refractivity contribution in [3.63, 3.8) is 0 Å². The molecule has 0 bridgehead atoms. The number of carbonyl (C=O) groups is 1. The van der Waals surface area contributed by atoms with Crippen molar-refractivity contribution in [1.29, 1.82) is 0 Å². The first-order valence-electron chi connectivity index (χ1n) is 7.06. The van der Waals surface area contributed by atoms with Gasteiger partial charge in [0.15, 0.2) is 0 Å². The van der Waals surface area contributed by atoms with Crippen molar-refractivity contribution in [2.75, 3.05) is 31.2 Å². The molecule has 0 saturated carbocycles. The zero-order valence-corrected chi connectivity index (χ0v) is 12.3. The smallest absolute Gasteiger partial charge is 0.225 e. The average molecular weight is 281 g/mol. The van der Waals surface area contributed by atoms with Crippen LogP contribution >= 0.6 is 0 Å². The number of nitrogen functional groups attached to an aromatic ring is 1. The summed E-state index contributed by atoms with van der Waals surface area (Å²) < 4.78 is 12.9. The van der Waals surface area contributed by atoms with E-state index < -0.39 is 5.82 Å². The van der Waals surface area contributed by atoms with Gasteiger partial charge in [0.05, 0.1) is 11.4 Å². The Morgan fingerprint density at radius 1 is 1.35 bits per heavy atom. The Balaban J connectivity index is 2.33. The van der Waals surface area contributed by atoms with E-state index in [4.69, 9.17) is 5.73 Å². The molecule has 3 N–H and O–H groups in total. The van der Waals surface area contributed by atoms with Crippen molar-refractivity contribution in [2.45, 2.75) is 32.6 Å². The molecule has 0 aliphatic carbocycles. The Hall–Kier alpha value is -1.62. The predicted molar refractivity (Wildman–Crippen MR) is 81.1 cm³/mol. The summed E-state index contributed by atoms with van der Waals surface area (Å²) in [4.78, 5) is 13.9. The van der Waals surface area contributed by atoms with Crippen LogP contribution in [0.5, 0.6) is 0 Å². The van der Waals surface area contributed by atoms with Gasteiger partial charge in [-0.25, -0.2) is 4.39 Å². The van der Waals surface area contributed by atoms with Gasteiger partial charge in [-0.15, -0.1) is 0 Å². The summed E-state index contributed by atoms with van der Waals surface area (Å²) >= 11 is 0. The number of carbonyl (C=O) groups excluding carboxylic acids is 1. The van der Waals surface area contributed by atoms with E-state index in [9.17, 15) is 9.18 Å². The van der Waals surface area contributed by atoms with E-state index in [1.165, 1.54) is 31.0 Å². The number of unbranched alkanes of at least 4 members (excludes halogenated alkanes) is 2. The topological polar surface area (TPSA) is 58.4 Å². The lowest BCUT2D eigenvalue weighted by atomic mass is 10.2. The highest BCUT2D eigenvalue weighted by atomic mass is 19.1. The molecule has 1 aromatic rings. The maximum absolute atomic E-state index is 12.9. The first-order chi connectivity index (χ1) is 9.52. The summed E-state index contributed by atoms with van der Waals surface area (Å²) in [6.07, 6.45) is 3.96. The molecule has 1 amide bonds. The zero-order chi connectivity index (χ0) is 15.0. The van der Waals surface area contributed by atoms with Crippen LogP contribution in [0, 0.1) is 5.82 Å². The van der Waals surface area contributed by atoms with Crippen molar-refractivity contribution < 1.29 is 9.18 Å². The van der Waals surface area contributed by atoms with E-state index in [0.29, 0.717) is 18.7 Å².